The highest BCUT2D eigenvalue weighted by atomic mass is 16.4. The van der Waals surface area contributed by atoms with E-state index in [4.69, 9.17) is 5.11 Å². The van der Waals surface area contributed by atoms with Gasteiger partial charge >= 0.3 is 11.7 Å². The van der Waals surface area contributed by atoms with Crippen molar-refractivity contribution in [2.75, 3.05) is 0 Å². The van der Waals surface area contributed by atoms with E-state index >= 15 is 0 Å². The van der Waals surface area contributed by atoms with Crippen molar-refractivity contribution in [1.82, 2.24) is 9.55 Å². The third-order valence-corrected chi connectivity index (χ3v) is 2.24. The molecule has 1 rings (SSSR count). The maximum absolute atomic E-state index is 11.5. The van der Waals surface area contributed by atoms with E-state index in [-0.39, 0.29) is 17.2 Å². The summed E-state index contributed by atoms with van der Waals surface area (Å²) in [5.41, 5.74) is 0.107. The molecule has 5 nitrogen and oxygen atoms in total. The molecule has 16 heavy (non-hydrogen) atoms. The van der Waals surface area contributed by atoms with E-state index in [2.05, 4.69) is 4.98 Å². The van der Waals surface area contributed by atoms with Crippen LogP contribution < -0.4 is 5.69 Å². The summed E-state index contributed by atoms with van der Waals surface area (Å²) in [6.45, 7) is 6.11. The number of carboxylic acid groups (broad SMARTS) is 1. The standard InChI is InChI=1S/C11H16N2O3/c1-4-13-6-8(10(14)15)9(5-7(2)3)12-11(13)16/h6-7H,4-5H2,1-3H3,(H,14,15). The number of carboxylic acids is 1. The second-order valence-corrected chi connectivity index (χ2v) is 4.07. The van der Waals surface area contributed by atoms with Crippen molar-refractivity contribution >= 4 is 5.97 Å². The van der Waals surface area contributed by atoms with Crippen LogP contribution in [0.25, 0.3) is 0 Å². The van der Waals surface area contributed by atoms with Gasteiger partial charge in [0.05, 0.1) is 11.3 Å². The fourth-order valence-electron chi connectivity index (χ4n) is 1.47. The molecule has 1 aromatic rings. The van der Waals surface area contributed by atoms with E-state index in [1.165, 1.54) is 10.8 Å². The van der Waals surface area contributed by atoms with Gasteiger partial charge in [-0.25, -0.2) is 9.59 Å². The molecule has 0 aliphatic heterocycles. The van der Waals surface area contributed by atoms with Crippen LogP contribution in [0.2, 0.25) is 0 Å². The van der Waals surface area contributed by atoms with Crippen LogP contribution in [0, 0.1) is 5.92 Å². The van der Waals surface area contributed by atoms with Gasteiger partial charge in [-0.3, -0.25) is 4.57 Å². The van der Waals surface area contributed by atoms with Crippen LogP contribution >= 0.6 is 0 Å². The highest BCUT2D eigenvalue weighted by Crippen LogP contribution is 2.09. The van der Waals surface area contributed by atoms with Crippen LogP contribution in [0.1, 0.15) is 36.8 Å². The summed E-state index contributed by atoms with van der Waals surface area (Å²) < 4.78 is 1.30. The molecule has 0 saturated carbocycles. The summed E-state index contributed by atoms with van der Waals surface area (Å²) in [7, 11) is 0. The average molecular weight is 224 g/mol. The highest BCUT2D eigenvalue weighted by molar-refractivity contribution is 5.88. The number of aryl methyl sites for hydroxylation is 1. The van der Waals surface area contributed by atoms with Crippen molar-refractivity contribution < 1.29 is 9.90 Å². The summed E-state index contributed by atoms with van der Waals surface area (Å²) in [4.78, 5) is 26.3. The molecule has 0 fully saturated rings. The van der Waals surface area contributed by atoms with Gasteiger partial charge in [-0.05, 0) is 19.3 Å². The van der Waals surface area contributed by atoms with Gasteiger partial charge in [0.2, 0.25) is 0 Å². The molecular formula is C11H16N2O3. The van der Waals surface area contributed by atoms with Crippen molar-refractivity contribution in [3.05, 3.63) is 27.9 Å². The molecular weight excluding hydrogens is 208 g/mol. The molecule has 0 radical (unpaired) electrons. The van der Waals surface area contributed by atoms with Gasteiger partial charge in [-0.1, -0.05) is 13.8 Å². The first-order valence-electron chi connectivity index (χ1n) is 5.29. The monoisotopic (exact) mass is 224 g/mol. The molecule has 1 N–H and O–H groups in total. The minimum Gasteiger partial charge on any atom is -0.478 e. The Hall–Kier alpha value is -1.65. The molecule has 5 heteroatoms. The number of aromatic carboxylic acids is 1. The normalized spacial score (nSPS) is 10.8. The minimum absolute atomic E-state index is 0.121. The largest absolute Gasteiger partial charge is 0.478 e. The fourth-order valence-corrected chi connectivity index (χ4v) is 1.47. The van der Waals surface area contributed by atoms with E-state index in [0.29, 0.717) is 18.7 Å². The second kappa shape index (κ2) is 4.92. The lowest BCUT2D eigenvalue weighted by atomic mass is 10.0. The summed E-state index contributed by atoms with van der Waals surface area (Å²) in [6, 6.07) is 0. The Morgan fingerprint density at radius 1 is 1.56 bits per heavy atom. The minimum atomic E-state index is -1.04. The quantitative estimate of drug-likeness (QED) is 0.833. The first-order valence-corrected chi connectivity index (χ1v) is 5.29. The van der Waals surface area contributed by atoms with Gasteiger partial charge in [0.1, 0.15) is 0 Å². The topological polar surface area (TPSA) is 72.2 Å². The van der Waals surface area contributed by atoms with Crippen molar-refractivity contribution in [2.45, 2.75) is 33.7 Å². The van der Waals surface area contributed by atoms with Gasteiger partial charge < -0.3 is 5.11 Å². The maximum atomic E-state index is 11.5. The Kier molecular flexibility index (Phi) is 3.82. The lowest BCUT2D eigenvalue weighted by molar-refractivity contribution is 0.0693. The Balaban J connectivity index is 3.30. The van der Waals surface area contributed by atoms with E-state index in [9.17, 15) is 9.59 Å². The lowest BCUT2D eigenvalue weighted by Crippen LogP contribution is -2.26. The van der Waals surface area contributed by atoms with Crippen LogP contribution in [-0.2, 0) is 13.0 Å². The molecule has 0 atom stereocenters. The Morgan fingerprint density at radius 2 is 2.19 bits per heavy atom. The zero-order valence-electron chi connectivity index (χ0n) is 9.73. The number of hydrogen-bond acceptors (Lipinski definition) is 3. The van der Waals surface area contributed by atoms with Gasteiger partial charge in [-0.15, -0.1) is 0 Å². The molecule has 0 unspecified atom stereocenters. The summed E-state index contributed by atoms with van der Waals surface area (Å²) in [5.74, 6) is -0.771. The third-order valence-electron chi connectivity index (χ3n) is 2.24. The van der Waals surface area contributed by atoms with Gasteiger partial charge in [0.15, 0.2) is 0 Å². The van der Waals surface area contributed by atoms with Crippen molar-refractivity contribution in [3.63, 3.8) is 0 Å². The molecule has 0 amide bonds. The lowest BCUT2D eigenvalue weighted by Gasteiger charge is -2.09. The van der Waals surface area contributed by atoms with Crippen LogP contribution in [-0.4, -0.2) is 20.6 Å². The van der Waals surface area contributed by atoms with Crippen molar-refractivity contribution in [1.29, 1.82) is 0 Å². The Morgan fingerprint density at radius 3 is 2.62 bits per heavy atom. The van der Waals surface area contributed by atoms with Crippen molar-refractivity contribution in [2.24, 2.45) is 5.92 Å². The molecule has 1 heterocycles. The molecule has 0 spiro atoms. The predicted octanol–water partition coefficient (Wildman–Crippen LogP) is 1.16. The zero-order chi connectivity index (χ0) is 12.3. The predicted molar refractivity (Wildman–Crippen MR) is 59.7 cm³/mol. The van der Waals surface area contributed by atoms with E-state index < -0.39 is 5.97 Å². The Bertz CT molecular complexity index is 449. The maximum Gasteiger partial charge on any atom is 0.347 e. The summed E-state index contributed by atoms with van der Waals surface area (Å²) in [6.07, 6.45) is 1.87. The van der Waals surface area contributed by atoms with Crippen LogP contribution in [0.15, 0.2) is 11.0 Å². The summed E-state index contributed by atoms with van der Waals surface area (Å²) >= 11 is 0. The molecule has 0 bridgehead atoms. The molecule has 88 valence electrons. The van der Waals surface area contributed by atoms with E-state index in [0.717, 1.165) is 0 Å². The SMILES string of the molecule is CCn1cc(C(=O)O)c(CC(C)C)nc1=O. The number of rotatable bonds is 4. The third kappa shape index (κ3) is 2.68. The van der Waals surface area contributed by atoms with Crippen LogP contribution in [0.3, 0.4) is 0 Å². The highest BCUT2D eigenvalue weighted by Gasteiger charge is 2.15. The number of aromatic nitrogens is 2. The molecule has 1 aromatic heterocycles. The zero-order valence-corrected chi connectivity index (χ0v) is 9.73. The van der Waals surface area contributed by atoms with E-state index in [1.807, 2.05) is 13.8 Å². The number of nitrogens with zero attached hydrogens (tertiary/aromatic N) is 2. The number of hydrogen-bond donors (Lipinski definition) is 1. The average Bonchev–Trinajstić information content (AvgIpc) is 2.16. The van der Waals surface area contributed by atoms with Crippen LogP contribution in [0.4, 0.5) is 0 Å². The first kappa shape index (κ1) is 12.4. The van der Waals surface area contributed by atoms with E-state index in [1.54, 1.807) is 6.92 Å². The molecule has 0 saturated heterocycles. The second-order valence-electron chi connectivity index (χ2n) is 4.07. The van der Waals surface area contributed by atoms with Gasteiger partial charge in [0.25, 0.3) is 0 Å². The van der Waals surface area contributed by atoms with Crippen LogP contribution in [0.5, 0.6) is 0 Å². The summed E-state index contributed by atoms with van der Waals surface area (Å²) in [5, 5.41) is 9.03. The fraction of sp³-hybridized carbons (Fsp3) is 0.545. The van der Waals surface area contributed by atoms with Crippen molar-refractivity contribution in [3.8, 4) is 0 Å². The van der Waals surface area contributed by atoms with Gasteiger partial charge in [0, 0.05) is 12.7 Å². The molecule has 0 aliphatic carbocycles. The molecule has 0 aromatic carbocycles. The molecule has 0 aliphatic rings. The first-order chi connectivity index (χ1) is 7.45. The van der Waals surface area contributed by atoms with Gasteiger partial charge in [-0.2, -0.15) is 4.98 Å². The smallest absolute Gasteiger partial charge is 0.347 e. The number of carbonyl (C=O) groups is 1. The Labute approximate surface area is 93.8 Å².